The molecule has 0 amide bonds. The summed E-state index contributed by atoms with van der Waals surface area (Å²) in [6.07, 6.45) is 0.932. The first-order valence-electron chi connectivity index (χ1n) is 7.31. The van der Waals surface area contributed by atoms with Crippen molar-refractivity contribution in [3.05, 3.63) is 28.2 Å². The van der Waals surface area contributed by atoms with Crippen molar-refractivity contribution in [3.63, 3.8) is 0 Å². The highest BCUT2D eigenvalue weighted by Gasteiger charge is 2.13. The molecule has 0 unspecified atom stereocenters. The predicted octanol–water partition coefficient (Wildman–Crippen LogP) is 3.15. The molecule has 6 heteroatoms. The first-order valence-corrected chi connectivity index (χ1v) is 8.12. The van der Waals surface area contributed by atoms with E-state index in [0.29, 0.717) is 16.5 Å². The molecule has 0 saturated carbocycles. The van der Waals surface area contributed by atoms with E-state index in [4.69, 9.17) is 0 Å². The van der Waals surface area contributed by atoms with Gasteiger partial charge in [-0.15, -0.1) is 10.2 Å². The second kappa shape index (κ2) is 6.85. The Labute approximate surface area is 129 Å². The van der Waals surface area contributed by atoms with Gasteiger partial charge < -0.3 is 9.88 Å². The zero-order valence-electron chi connectivity index (χ0n) is 13.0. The van der Waals surface area contributed by atoms with E-state index in [2.05, 4.69) is 36.3 Å². The van der Waals surface area contributed by atoms with Crippen LogP contribution in [0.3, 0.4) is 0 Å². The minimum atomic E-state index is 0.0170. The van der Waals surface area contributed by atoms with Crippen LogP contribution in [0, 0.1) is 12.8 Å². The molecule has 0 radical (unpaired) electrons. The lowest BCUT2D eigenvalue weighted by Crippen LogP contribution is -2.23. The van der Waals surface area contributed by atoms with Gasteiger partial charge in [0.2, 0.25) is 5.13 Å². The quantitative estimate of drug-likeness (QED) is 0.890. The maximum absolute atomic E-state index is 12.5. The Morgan fingerprint density at radius 1 is 1.33 bits per heavy atom. The first kappa shape index (κ1) is 15.7. The normalized spacial score (nSPS) is 11.1. The predicted molar refractivity (Wildman–Crippen MR) is 88.0 cm³/mol. The number of nitrogens with one attached hydrogen (secondary N) is 1. The fourth-order valence-electron chi connectivity index (χ4n) is 2.03. The molecule has 2 rings (SSSR count). The van der Waals surface area contributed by atoms with E-state index in [1.807, 2.05) is 19.1 Å². The van der Waals surface area contributed by atoms with E-state index in [-0.39, 0.29) is 5.56 Å². The number of anilines is 1. The van der Waals surface area contributed by atoms with E-state index in [9.17, 15) is 4.79 Å². The Morgan fingerprint density at radius 2 is 2.10 bits per heavy atom. The monoisotopic (exact) mass is 306 g/mol. The Kier molecular flexibility index (Phi) is 5.12. The smallest absolute Gasteiger partial charge is 0.261 e. The van der Waals surface area contributed by atoms with Crippen molar-refractivity contribution in [3.8, 4) is 10.6 Å². The lowest BCUT2D eigenvalue weighted by atomic mass is 10.2. The molecule has 2 aromatic rings. The molecule has 0 spiro atoms. The number of rotatable bonds is 6. The third-order valence-electron chi connectivity index (χ3n) is 3.16. The molecule has 0 atom stereocenters. The van der Waals surface area contributed by atoms with Gasteiger partial charge in [-0.1, -0.05) is 32.1 Å². The van der Waals surface area contributed by atoms with Crippen molar-refractivity contribution in [1.29, 1.82) is 0 Å². The highest BCUT2D eigenvalue weighted by Crippen LogP contribution is 2.24. The third kappa shape index (κ3) is 3.69. The molecule has 2 heterocycles. The van der Waals surface area contributed by atoms with Gasteiger partial charge in [-0.2, -0.15) is 0 Å². The topological polar surface area (TPSA) is 59.8 Å². The van der Waals surface area contributed by atoms with E-state index >= 15 is 0 Å². The van der Waals surface area contributed by atoms with Gasteiger partial charge in [0.15, 0.2) is 5.01 Å². The highest BCUT2D eigenvalue weighted by molar-refractivity contribution is 7.18. The molecule has 0 bridgehead atoms. The second-order valence-corrected chi connectivity index (χ2v) is 6.51. The molecular formula is C15H22N4OS. The van der Waals surface area contributed by atoms with Gasteiger partial charge in [-0.05, 0) is 31.4 Å². The summed E-state index contributed by atoms with van der Waals surface area (Å²) in [4.78, 5) is 12.5. The van der Waals surface area contributed by atoms with E-state index < -0.39 is 0 Å². The Hall–Kier alpha value is -1.69. The molecule has 2 aromatic heterocycles. The van der Waals surface area contributed by atoms with Crippen molar-refractivity contribution >= 4 is 16.5 Å². The standard InChI is InChI=1S/C15H22N4OS/c1-5-8-19-11(4)6-7-12(14(19)20)13-17-18-15(21-13)16-9-10(2)3/h6-7,10H,5,8-9H2,1-4H3,(H,16,18). The fraction of sp³-hybridized carbons (Fsp3) is 0.533. The maximum Gasteiger partial charge on any atom is 0.261 e. The van der Waals surface area contributed by atoms with Crippen molar-refractivity contribution < 1.29 is 0 Å². The largest absolute Gasteiger partial charge is 0.360 e. The van der Waals surface area contributed by atoms with Crippen LogP contribution >= 0.6 is 11.3 Å². The zero-order valence-corrected chi connectivity index (χ0v) is 13.8. The van der Waals surface area contributed by atoms with Crippen molar-refractivity contribution in [1.82, 2.24) is 14.8 Å². The molecule has 0 fully saturated rings. The van der Waals surface area contributed by atoms with Crippen LogP contribution in [0.5, 0.6) is 0 Å². The summed E-state index contributed by atoms with van der Waals surface area (Å²) in [5.74, 6) is 0.540. The van der Waals surface area contributed by atoms with E-state index in [1.54, 1.807) is 4.57 Å². The van der Waals surface area contributed by atoms with Crippen molar-refractivity contribution in [2.45, 2.75) is 40.7 Å². The molecule has 5 nitrogen and oxygen atoms in total. The van der Waals surface area contributed by atoms with Gasteiger partial charge >= 0.3 is 0 Å². The van der Waals surface area contributed by atoms with Crippen LogP contribution in [0.4, 0.5) is 5.13 Å². The molecule has 0 aliphatic heterocycles. The van der Waals surface area contributed by atoms with Gasteiger partial charge in [0.25, 0.3) is 5.56 Å². The number of hydrogen-bond donors (Lipinski definition) is 1. The molecule has 0 aromatic carbocycles. The Balaban J connectivity index is 2.30. The van der Waals surface area contributed by atoms with Crippen LogP contribution in [0.1, 0.15) is 32.9 Å². The maximum atomic E-state index is 12.5. The lowest BCUT2D eigenvalue weighted by molar-refractivity contribution is 0.636. The molecule has 114 valence electrons. The van der Waals surface area contributed by atoms with Crippen LogP contribution < -0.4 is 10.9 Å². The van der Waals surface area contributed by atoms with Gasteiger partial charge in [-0.3, -0.25) is 4.79 Å². The summed E-state index contributed by atoms with van der Waals surface area (Å²) in [5.41, 5.74) is 1.63. The first-order chi connectivity index (χ1) is 10.0. The Morgan fingerprint density at radius 3 is 2.76 bits per heavy atom. The molecule has 0 aliphatic carbocycles. The second-order valence-electron chi connectivity index (χ2n) is 5.53. The summed E-state index contributed by atoms with van der Waals surface area (Å²) >= 11 is 1.43. The molecule has 0 aliphatic rings. The molecule has 21 heavy (non-hydrogen) atoms. The van der Waals surface area contributed by atoms with Crippen LogP contribution in [0.25, 0.3) is 10.6 Å². The van der Waals surface area contributed by atoms with Crippen molar-refractivity contribution in [2.24, 2.45) is 5.92 Å². The molecular weight excluding hydrogens is 284 g/mol. The summed E-state index contributed by atoms with van der Waals surface area (Å²) in [6.45, 7) is 9.88. The zero-order chi connectivity index (χ0) is 15.4. The highest BCUT2D eigenvalue weighted by atomic mass is 32.1. The SMILES string of the molecule is CCCn1c(C)ccc(-c2nnc(NCC(C)C)s2)c1=O. The lowest BCUT2D eigenvalue weighted by Gasteiger charge is -2.09. The van der Waals surface area contributed by atoms with E-state index in [1.165, 1.54) is 11.3 Å². The number of pyridine rings is 1. The van der Waals surface area contributed by atoms with E-state index in [0.717, 1.165) is 30.3 Å². The summed E-state index contributed by atoms with van der Waals surface area (Å²) < 4.78 is 1.80. The minimum absolute atomic E-state index is 0.0170. The number of nitrogens with zero attached hydrogens (tertiary/aromatic N) is 3. The fourth-order valence-corrected chi connectivity index (χ4v) is 2.80. The van der Waals surface area contributed by atoms with Crippen LogP contribution in [-0.2, 0) is 6.54 Å². The number of aromatic nitrogens is 3. The summed E-state index contributed by atoms with van der Waals surface area (Å²) in [7, 11) is 0. The third-order valence-corrected chi connectivity index (χ3v) is 4.07. The number of aryl methyl sites for hydroxylation is 1. The van der Waals surface area contributed by atoms with Crippen LogP contribution in [-0.4, -0.2) is 21.3 Å². The summed E-state index contributed by atoms with van der Waals surface area (Å²) in [6, 6.07) is 3.81. The van der Waals surface area contributed by atoms with Crippen molar-refractivity contribution in [2.75, 3.05) is 11.9 Å². The van der Waals surface area contributed by atoms with Crippen LogP contribution in [0.15, 0.2) is 16.9 Å². The van der Waals surface area contributed by atoms with Gasteiger partial charge in [0.1, 0.15) is 0 Å². The van der Waals surface area contributed by atoms with Crippen LogP contribution in [0.2, 0.25) is 0 Å². The van der Waals surface area contributed by atoms with Gasteiger partial charge in [0, 0.05) is 18.8 Å². The molecule has 0 saturated heterocycles. The Bertz CT molecular complexity index is 660. The number of hydrogen-bond acceptors (Lipinski definition) is 5. The summed E-state index contributed by atoms with van der Waals surface area (Å²) in [5, 5.41) is 12.9. The molecule has 1 N–H and O–H groups in total. The average molecular weight is 306 g/mol. The van der Waals surface area contributed by atoms with Gasteiger partial charge in [-0.25, -0.2) is 0 Å². The average Bonchev–Trinajstić information content (AvgIpc) is 2.90. The minimum Gasteiger partial charge on any atom is -0.360 e. The van der Waals surface area contributed by atoms with Gasteiger partial charge in [0.05, 0.1) is 5.56 Å².